The Kier molecular flexibility index (Phi) is 8.67. The number of halogens is 6. The van der Waals surface area contributed by atoms with E-state index in [0.29, 0.717) is 18.2 Å². The Labute approximate surface area is 218 Å². The molecule has 2 unspecified atom stereocenters. The fraction of sp³-hybridized carbons (Fsp3) is 0.379. The zero-order valence-corrected chi connectivity index (χ0v) is 20.9. The molecule has 204 valence electrons. The summed E-state index contributed by atoms with van der Waals surface area (Å²) >= 11 is 0. The van der Waals surface area contributed by atoms with Gasteiger partial charge in [-0.15, -0.1) is 0 Å². The molecule has 1 aliphatic heterocycles. The van der Waals surface area contributed by atoms with Gasteiger partial charge < -0.3 is 10.1 Å². The molecule has 0 aliphatic carbocycles. The summed E-state index contributed by atoms with van der Waals surface area (Å²) in [5.74, 6) is 1.000. The van der Waals surface area contributed by atoms with Crippen LogP contribution in [-0.4, -0.2) is 31.6 Å². The van der Waals surface area contributed by atoms with Gasteiger partial charge in [0.05, 0.1) is 24.3 Å². The second-order valence-corrected chi connectivity index (χ2v) is 9.55. The van der Waals surface area contributed by atoms with Crippen molar-refractivity contribution in [1.82, 2.24) is 10.2 Å². The second kappa shape index (κ2) is 11.8. The van der Waals surface area contributed by atoms with Gasteiger partial charge in [-0.2, -0.15) is 26.3 Å². The maximum Gasteiger partial charge on any atom is 0.416 e. The van der Waals surface area contributed by atoms with Gasteiger partial charge in [0.2, 0.25) is 0 Å². The van der Waals surface area contributed by atoms with Gasteiger partial charge in [0.15, 0.2) is 0 Å². The number of hydrogen-bond acceptors (Lipinski definition) is 3. The Balaban J connectivity index is 1.57. The van der Waals surface area contributed by atoms with Crippen LogP contribution in [0.3, 0.4) is 0 Å². The number of hydrogen-bond donors (Lipinski definition) is 1. The molecule has 38 heavy (non-hydrogen) atoms. The summed E-state index contributed by atoms with van der Waals surface area (Å²) in [6.07, 6.45) is -7.75. The molecule has 1 aliphatic rings. The Morgan fingerprint density at radius 3 is 2.16 bits per heavy atom. The molecule has 0 spiro atoms. The molecule has 1 heterocycles. The normalized spacial score (nSPS) is 17.8. The van der Waals surface area contributed by atoms with E-state index >= 15 is 0 Å². The number of benzene rings is 3. The molecule has 9 heteroatoms. The zero-order chi connectivity index (χ0) is 27.3. The summed E-state index contributed by atoms with van der Waals surface area (Å²) in [5.41, 5.74) is -0.546. The Hall–Kier alpha value is -3.04. The minimum absolute atomic E-state index is 0.0771. The number of nitrogens with one attached hydrogen (secondary N) is 1. The van der Waals surface area contributed by atoms with E-state index in [1.165, 1.54) is 5.56 Å². The first-order chi connectivity index (χ1) is 18.1. The van der Waals surface area contributed by atoms with Crippen LogP contribution in [0.25, 0.3) is 0 Å². The number of alkyl halides is 6. The molecule has 4 rings (SSSR count). The maximum atomic E-state index is 13.3. The third-order valence-electron chi connectivity index (χ3n) is 6.98. The number of likely N-dealkylation sites (tertiary alicyclic amines) is 1. The molecule has 3 nitrogen and oxygen atoms in total. The predicted octanol–water partition coefficient (Wildman–Crippen LogP) is 7.44. The van der Waals surface area contributed by atoms with Crippen molar-refractivity contribution >= 4 is 0 Å². The molecule has 0 saturated carbocycles. The summed E-state index contributed by atoms with van der Waals surface area (Å²) in [6, 6.07) is 19.3. The fourth-order valence-electron chi connectivity index (χ4n) is 5.14. The lowest BCUT2D eigenvalue weighted by molar-refractivity contribution is -0.143. The first kappa shape index (κ1) is 28.0. The van der Waals surface area contributed by atoms with Gasteiger partial charge in [0.25, 0.3) is 0 Å². The highest BCUT2D eigenvalue weighted by molar-refractivity contribution is 5.37. The van der Waals surface area contributed by atoms with E-state index in [4.69, 9.17) is 4.74 Å². The minimum Gasteiger partial charge on any atom is -0.496 e. The van der Waals surface area contributed by atoms with Crippen molar-refractivity contribution in [3.8, 4) is 5.75 Å². The van der Waals surface area contributed by atoms with Gasteiger partial charge in [0.1, 0.15) is 5.75 Å². The van der Waals surface area contributed by atoms with Crippen LogP contribution in [0.2, 0.25) is 0 Å². The number of piperidine rings is 1. The summed E-state index contributed by atoms with van der Waals surface area (Å²) in [6.45, 7) is 1.76. The number of rotatable bonds is 8. The van der Waals surface area contributed by atoms with Gasteiger partial charge in [-0.05, 0) is 60.7 Å². The largest absolute Gasteiger partial charge is 0.496 e. The molecule has 3 aromatic rings. The van der Waals surface area contributed by atoms with E-state index in [-0.39, 0.29) is 24.2 Å². The fourth-order valence-corrected chi connectivity index (χ4v) is 5.14. The van der Waals surface area contributed by atoms with E-state index in [0.717, 1.165) is 43.6 Å². The first-order valence-corrected chi connectivity index (χ1v) is 12.5. The van der Waals surface area contributed by atoms with Crippen molar-refractivity contribution in [2.45, 2.75) is 43.7 Å². The van der Waals surface area contributed by atoms with Crippen LogP contribution in [0.5, 0.6) is 5.75 Å². The lowest BCUT2D eigenvalue weighted by Gasteiger charge is -2.39. The molecule has 3 aromatic carbocycles. The highest BCUT2D eigenvalue weighted by atomic mass is 19.4. The molecule has 1 fully saturated rings. The van der Waals surface area contributed by atoms with Crippen molar-refractivity contribution in [3.63, 3.8) is 0 Å². The van der Waals surface area contributed by atoms with Crippen LogP contribution in [0, 0.1) is 0 Å². The topological polar surface area (TPSA) is 24.5 Å². The van der Waals surface area contributed by atoms with Crippen LogP contribution >= 0.6 is 0 Å². The molecule has 0 bridgehead atoms. The van der Waals surface area contributed by atoms with E-state index < -0.39 is 23.5 Å². The monoisotopic (exact) mass is 536 g/mol. The quantitative estimate of drug-likeness (QED) is 0.303. The summed E-state index contributed by atoms with van der Waals surface area (Å²) in [4.78, 5) is 2.32. The Morgan fingerprint density at radius 2 is 1.53 bits per heavy atom. The third-order valence-corrected chi connectivity index (χ3v) is 6.98. The standard InChI is InChI=1S/C29H30F6N2O/c1-38-27-12-6-5-11-25(27)26(37-13-7-10-22(19-37)21-8-3-2-4-9-21)18-36-17-20-14-23(28(30,31)32)16-24(15-20)29(33,34)35/h2-6,8-9,11-12,14-16,22,26,36H,7,10,13,17-19H2,1H3. The highest BCUT2D eigenvalue weighted by Gasteiger charge is 2.37. The predicted molar refractivity (Wildman–Crippen MR) is 134 cm³/mol. The number of ether oxygens (including phenoxy) is 1. The molecule has 0 aromatic heterocycles. The van der Waals surface area contributed by atoms with Gasteiger partial charge in [0, 0.05) is 25.2 Å². The van der Waals surface area contributed by atoms with Crippen LogP contribution in [0.15, 0.2) is 72.8 Å². The van der Waals surface area contributed by atoms with Crippen molar-refractivity contribution in [3.05, 3.63) is 101 Å². The summed E-state index contributed by atoms with van der Waals surface area (Å²) in [5, 5.41) is 3.13. The second-order valence-electron chi connectivity index (χ2n) is 9.55. The average Bonchev–Trinajstić information content (AvgIpc) is 2.90. The lowest BCUT2D eigenvalue weighted by Crippen LogP contribution is -2.41. The average molecular weight is 537 g/mol. The van der Waals surface area contributed by atoms with Crippen LogP contribution in [-0.2, 0) is 18.9 Å². The molecule has 2 atom stereocenters. The molecular formula is C29H30F6N2O. The van der Waals surface area contributed by atoms with Crippen LogP contribution < -0.4 is 10.1 Å². The molecule has 0 amide bonds. The van der Waals surface area contributed by atoms with Crippen molar-refractivity contribution in [2.24, 2.45) is 0 Å². The minimum atomic E-state index is -4.88. The van der Waals surface area contributed by atoms with Gasteiger partial charge in [-0.25, -0.2) is 0 Å². The molecular weight excluding hydrogens is 506 g/mol. The highest BCUT2D eigenvalue weighted by Crippen LogP contribution is 2.37. The molecule has 1 saturated heterocycles. The molecule has 0 radical (unpaired) electrons. The van der Waals surface area contributed by atoms with Crippen molar-refractivity contribution in [2.75, 3.05) is 26.7 Å². The SMILES string of the molecule is COc1ccccc1C(CNCc1cc(C(F)(F)F)cc(C(F)(F)F)c1)N1CCCC(c2ccccc2)C1. The van der Waals surface area contributed by atoms with Gasteiger partial charge in [-0.1, -0.05) is 48.5 Å². The van der Waals surface area contributed by atoms with Crippen molar-refractivity contribution < 1.29 is 31.1 Å². The lowest BCUT2D eigenvalue weighted by atomic mass is 9.89. The molecule has 1 N–H and O–H groups in total. The number of nitrogens with zero attached hydrogens (tertiary/aromatic N) is 1. The van der Waals surface area contributed by atoms with Crippen LogP contribution in [0.4, 0.5) is 26.3 Å². The van der Waals surface area contributed by atoms with E-state index in [1.54, 1.807) is 7.11 Å². The number of methoxy groups -OCH3 is 1. The zero-order valence-electron chi connectivity index (χ0n) is 20.9. The summed E-state index contributed by atoms with van der Waals surface area (Å²) < 4.78 is 85.4. The summed E-state index contributed by atoms with van der Waals surface area (Å²) in [7, 11) is 1.58. The van der Waals surface area contributed by atoms with Crippen LogP contribution in [0.1, 0.15) is 52.6 Å². The first-order valence-electron chi connectivity index (χ1n) is 12.5. The third kappa shape index (κ3) is 6.88. The van der Waals surface area contributed by atoms with Gasteiger partial charge >= 0.3 is 12.4 Å². The van der Waals surface area contributed by atoms with E-state index in [9.17, 15) is 26.3 Å². The van der Waals surface area contributed by atoms with Gasteiger partial charge in [-0.3, -0.25) is 4.90 Å². The maximum absolute atomic E-state index is 13.3. The number of para-hydroxylation sites is 1. The Bertz CT molecular complexity index is 1160. The van der Waals surface area contributed by atoms with Crippen molar-refractivity contribution in [1.29, 1.82) is 0 Å². The van der Waals surface area contributed by atoms with E-state index in [2.05, 4.69) is 22.3 Å². The van der Waals surface area contributed by atoms with E-state index in [1.807, 2.05) is 42.5 Å². The Morgan fingerprint density at radius 1 is 0.895 bits per heavy atom. The smallest absolute Gasteiger partial charge is 0.416 e.